The van der Waals surface area contributed by atoms with Crippen LogP contribution in [0.25, 0.3) is 0 Å². The molecular weight excluding hydrogens is 256 g/mol. The lowest BCUT2D eigenvalue weighted by Gasteiger charge is -2.13. The molecule has 0 aliphatic heterocycles. The minimum atomic E-state index is -0.482. The fraction of sp³-hybridized carbons (Fsp3) is 0.467. The molecule has 0 aliphatic carbocycles. The zero-order valence-corrected chi connectivity index (χ0v) is 12.1. The van der Waals surface area contributed by atoms with Gasteiger partial charge >= 0.3 is 0 Å². The molecule has 1 aromatic carbocycles. The van der Waals surface area contributed by atoms with Gasteiger partial charge in [-0.2, -0.15) is 5.26 Å². The first-order valence-corrected chi connectivity index (χ1v) is 6.76. The fourth-order valence-corrected chi connectivity index (χ4v) is 1.66. The number of rotatable bonds is 7. The molecule has 5 heteroatoms. The smallest absolute Gasteiger partial charge is 0.252 e. The van der Waals surface area contributed by atoms with E-state index < -0.39 is 6.04 Å². The van der Waals surface area contributed by atoms with E-state index in [9.17, 15) is 4.79 Å². The summed E-state index contributed by atoms with van der Waals surface area (Å²) in [6.45, 7) is 6.61. The summed E-state index contributed by atoms with van der Waals surface area (Å²) in [6.07, 6.45) is 0.567. The Morgan fingerprint density at radius 2 is 1.90 bits per heavy atom. The molecule has 0 fully saturated rings. The molecule has 20 heavy (non-hydrogen) atoms. The average Bonchev–Trinajstić information content (AvgIpc) is 2.46. The molecule has 108 valence electrons. The molecule has 0 bridgehead atoms. The maximum atomic E-state index is 12.0. The van der Waals surface area contributed by atoms with Gasteiger partial charge < -0.3 is 14.8 Å². The normalized spacial score (nSPS) is 11.3. The number of hydrogen-bond acceptors (Lipinski definition) is 4. The average molecular weight is 276 g/mol. The number of nitrogens with zero attached hydrogens (tertiary/aromatic N) is 1. The summed E-state index contributed by atoms with van der Waals surface area (Å²) in [6, 6.07) is 6.55. The topological polar surface area (TPSA) is 71.3 Å². The Balaban J connectivity index is 2.93. The third-order valence-electron chi connectivity index (χ3n) is 2.67. The zero-order valence-electron chi connectivity index (χ0n) is 12.1. The predicted molar refractivity (Wildman–Crippen MR) is 75.9 cm³/mol. The molecule has 1 N–H and O–H groups in total. The highest BCUT2D eigenvalue weighted by molar-refractivity contribution is 5.95. The van der Waals surface area contributed by atoms with Crippen LogP contribution in [0.4, 0.5) is 0 Å². The van der Waals surface area contributed by atoms with Crippen LogP contribution in [0.15, 0.2) is 18.2 Å². The molecule has 1 unspecified atom stereocenters. The molecule has 0 saturated carbocycles. The van der Waals surface area contributed by atoms with Crippen LogP contribution in [-0.2, 0) is 0 Å². The first-order valence-electron chi connectivity index (χ1n) is 6.76. The maximum absolute atomic E-state index is 12.0. The number of amides is 1. The summed E-state index contributed by atoms with van der Waals surface area (Å²) >= 11 is 0. The van der Waals surface area contributed by atoms with Crippen molar-refractivity contribution in [3.05, 3.63) is 23.8 Å². The summed E-state index contributed by atoms with van der Waals surface area (Å²) in [5.41, 5.74) is 0.450. The Labute approximate surface area is 119 Å². The fourth-order valence-electron chi connectivity index (χ4n) is 1.66. The lowest BCUT2D eigenvalue weighted by molar-refractivity contribution is 0.0944. The monoisotopic (exact) mass is 276 g/mol. The predicted octanol–water partition coefficient (Wildman–Crippen LogP) is 2.52. The van der Waals surface area contributed by atoms with Crippen molar-refractivity contribution in [2.75, 3.05) is 13.2 Å². The van der Waals surface area contributed by atoms with Gasteiger partial charge in [-0.25, -0.2) is 0 Å². The van der Waals surface area contributed by atoms with Crippen LogP contribution in [-0.4, -0.2) is 25.2 Å². The molecule has 5 nitrogen and oxygen atoms in total. The second-order valence-electron chi connectivity index (χ2n) is 4.09. The SMILES string of the molecule is CCOc1ccc(C(=O)NC(C#N)CC)cc1OCC. The third kappa shape index (κ3) is 4.16. The van der Waals surface area contributed by atoms with E-state index in [1.807, 2.05) is 26.8 Å². The Hall–Kier alpha value is -2.22. The quantitative estimate of drug-likeness (QED) is 0.830. The van der Waals surface area contributed by atoms with Crippen molar-refractivity contribution >= 4 is 5.91 Å². The number of benzene rings is 1. The van der Waals surface area contributed by atoms with Gasteiger partial charge in [-0.15, -0.1) is 0 Å². The van der Waals surface area contributed by atoms with Crippen molar-refractivity contribution < 1.29 is 14.3 Å². The molecule has 0 aliphatic rings. The van der Waals surface area contributed by atoms with E-state index in [0.29, 0.717) is 36.7 Å². The van der Waals surface area contributed by atoms with Crippen molar-refractivity contribution in [2.24, 2.45) is 0 Å². The minimum Gasteiger partial charge on any atom is -0.490 e. The lowest BCUT2D eigenvalue weighted by atomic mass is 10.1. The highest BCUT2D eigenvalue weighted by Crippen LogP contribution is 2.28. The number of nitriles is 1. The van der Waals surface area contributed by atoms with E-state index in [-0.39, 0.29) is 5.91 Å². The van der Waals surface area contributed by atoms with Gasteiger partial charge in [-0.05, 0) is 38.5 Å². The van der Waals surface area contributed by atoms with Crippen LogP contribution in [0.5, 0.6) is 11.5 Å². The molecule has 1 rings (SSSR count). The molecule has 0 aromatic heterocycles. The van der Waals surface area contributed by atoms with Gasteiger partial charge in [-0.3, -0.25) is 4.79 Å². The van der Waals surface area contributed by atoms with E-state index in [1.165, 1.54) is 0 Å². The van der Waals surface area contributed by atoms with Gasteiger partial charge in [0.2, 0.25) is 0 Å². The Morgan fingerprint density at radius 3 is 2.45 bits per heavy atom. The molecule has 0 heterocycles. The lowest BCUT2D eigenvalue weighted by Crippen LogP contribution is -2.33. The molecule has 1 aromatic rings. The highest BCUT2D eigenvalue weighted by atomic mass is 16.5. The standard InChI is InChI=1S/C15H20N2O3/c1-4-12(10-16)17-15(18)11-7-8-13(19-5-2)14(9-11)20-6-3/h7-9,12H,4-6H2,1-3H3,(H,17,18). The third-order valence-corrected chi connectivity index (χ3v) is 2.67. The van der Waals surface area contributed by atoms with E-state index in [4.69, 9.17) is 14.7 Å². The number of ether oxygens (including phenoxy) is 2. The molecular formula is C15H20N2O3. The summed E-state index contributed by atoms with van der Waals surface area (Å²) in [7, 11) is 0. The van der Waals surface area contributed by atoms with Crippen LogP contribution in [0.3, 0.4) is 0 Å². The second kappa shape index (κ2) is 8.05. The van der Waals surface area contributed by atoms with Crippen molar-refractivity contribution in [3.63, 3.8) is 0 Å². The van der Waals surface area contributed by atoms with E-state index >= 15 is 0 Å². The van der Waals surface area contributed by atoms with Crippen molar-refractivity contribution in [3.8, 4) is 17.6 Å². The molecule has 0 spiro atoms. The van der Waals surface area contributed by atoms with E-state index in [1.54, 1.807) is 18.2 Å². The van der Waals surface area contributed by atoms with Crippen molar-refractivity contribution in [1.82, 2.24) is 5.32 Å². The minimum absolute atomic E-state index is 0.289. The van der Waals surface area contributed by atoms with Gasteiger partial charge in [0.05, 0.1) is 19.3 Å². The Bertz CT molecular complexity index is 494. The van der Waals surface area contributed by atoms with Crippen LogP contribution in [0, 0.1) is 11.3 Å². The van der Waals surface area contributed by atoms with Crippen molar-refractivity contribution in [2.45, 2.75) is 33.2 Å². The zero-order chi connectivity index (χ0) is 15.0. The van der Waals surface area contributed by atoms with Gasteiger partial charge in [-0.1, -0.05) is 6.92 Å². The molecule has 0 radical (unpaired) electrons. The first-order chi connectivity index (χ1) is 9.65. The van der Waals surface area contributed by atoms with Crippen molar-refractivity contribution in [1.29, 1.82) is 5.26 Å². The number of carbonyl (C=O) groups excluding carboxylic acids is 1. The maximum Gasteiger partial charge on any atom is 0.252 e. The molecule has 1 amide bonds. The number of nitrogens with one attached hydrogen (secondary N) is 1. The second-order valence-corrected chi connectivity index (χ2v) is 4.09. The van der Waals surface area contributed by atoms with Gasteiger partial charge in [0.1, 0.15) is 6.04 Å². The van der Waals surface area contributed by atoms with Crippen LogP contribution >= 0.6 is 0 Å². The van der Waals surface area contributed by atoms with Gasteiger partial charge in [0.25, 0.3) is 5.91 Å². The largest absolute Gasteiger partial charge is 0.490 e. The molecule has 0 saturated heterocycles. The van der Waals surface area contributed by atoms with Gasteiger partial charge in [0.15, 0.2) is 11.5 Å². The summed E-state index contributed by atoms with van der Waals surface area (Å²) in [4.78, 5) is 12.0. The van der Waals surface area contributed by atoms with Gasteiger partial charge in [0, 0.05) is 5.56 Å². The Morgan fingerprint density at radius 1 is 1.25 bits per heavy atom. The number of carbonyl (C=O) groups is 1. The van der Waals surface area contributed by atoms with Crippen LogP contribution in [0.2, 0.25) is 0 Å². The number of hydrogen-bond donors (Lipinski definition) is 1. The first kappa shape index (κ1) is 15.8. The molecule has 1 atom stereocenters. The summed E-state index contributed by atoms with van der Waals surface area (Å²) in [5.74, 6) is 0.854. The Kier molecular flexibility index (Phi) is 6.38. The van der Waals surface area contributed by atoms with E-state index in [2.05, 4.69) is 5.32 Å². The summed E-state index contributed by atoms with van der Waals surface area (Å²) in [5, 5.41) is 11.5. The highest BCUT2D eigenvalue weighted by Gasteiger charge is 2.14. The van der Waals surface area contributed by atoms with E-state index in [0.717, 1.165) is 0 Å². The summed E-state index contributed by atoms with van der Waals surface area (Å²) < 4.78 is 10.9. The van der Waals surface area contributed by atoms with Crippen LogP contribution in [0.1, 0.15) is 37.6 Å². The van der Waals surface area contributed by atoms with Crippen LogP contribution < -0.4 is 14.8 Å².